The van der Waals surface area contributed by atoms with Crippen LogP contribution in [0.15, 0.2) is 82.9 Å². The van der Waals surface area contributed by atoms with E-state index in [1.807, 2.05) is 16.0 Å². The van der Waals surface area contributed by atoms with Gasteiger partial charge in [-0.2, -0.15) is 0 Å². The molecule has 5 aromatic rings. The Morgan fingerprint density at radius 1 is 1.06 bits per heavy atom. The summed E-state index contributed by atoms with van der Waals surface area (Å²) in [6, 6.07) is 15.7. The molecule has 2 aromatic carbocycles. The van der Waals surface area contributed by atoms with Gasteiger partial charge in [-0.15, -0.1) is 11.3 Å². The molecule has 0 saturated heterocycles. The second-order valence-electron chi connectivity index (χ2n) is 7.55. The molecule has 166 valence electrons. The first-order valence-electron chi connectivity index (χ1n) is 10.4. The molecule has 5 rings (SSSR count). The first kappa shape index (κ1) is 21.1. The third-order valence-corrected chi connectivity index (χ3v) is 6.27. The zero-order valence-corrected chi connectivity index (χ0v) is 18.3. The van der Waals surface area contributed by atoms with Gasteiger partial charge in [0.05, 0.1) is 24.1 Å². The average molecular weight is 464 g/mol. The van der Waals surface area contributed by atoms with E-state index in [9.17, 15) is 13.6 Å². The lowest BCUT2D eigenvalue weighted by Gasteiger charge is -2.22. The summed E-state index contributed by atoms with van der Waals surface area (Å²) in [4.78, 5) is 20.1. The Hall–Kier alpha value is -3.78. The predicted octanol–water partition coefficient (Wildman–Crippen LogP) is 5.82. The minimum absolute atomic E-state index is 0.0285. The summed E-state index contributed by atoms with van der Waals surface area (Å²) in [5.41, 5.74) is 2.58. The van der Waals surface area contributed by atoms with Crippen molar-refractivity contribution < 1.29 is 18.0 Å². The van der Waals surface area contributed by atoms with E-state index in [4.69, 9.17) is 4.42 Å². The molecule has 0 N–H and O–H groups in total. The number of halogens is 2. The van der Waals surface area contributed by atoms with E-state index in [0.29, 0.717) is 18.7 Å². The van der Waals surface area contributed by atoms with Crippen LogP contribution in [0.3, 0.4) is 0 Å². The molecule has 33 heavy (non-hydrogen) atoms. The number of rotatable bonds is 7. The number of thiazole rings is 1. The minimum Gasteiger partial charge on any atom is -0.467 e. The number of hydrogen-bond donors (Lipinski definition) is 0. The van der Waals surface area contributed by atoms with Gasteiger partial charge in [0.25, 0.3) is 5.91 Å². The fourth-order valence-corrected chi connectivity index (χ4v) is 4.57. The Bertz CT molecular complexity index is 1390. The lowest BCUT2D eigenvalue weighted by molar-refractivity contribution is 0.0728. The number of aromatic nitrogens is 2. The molecule has 0 aliphatic heterocycles. The second kappa shape index (κ2) is 8.99. The zero-order chi connectivity index (χ0) is 22.8. The fourth-order valence-electron chi connectivity index (χ4n) is 3.67. The first-order chi connectivity index (χ1) is 16.1. The number of furan rings is 1. The smallest absolute Gasteiger partial charge is 0.257 e. The van der Waals surface area contributed by atoms with Crippen LogP contribution in [0.25, 0.3) is 16.2 Å². The van der Waals surface area contributed by atoms with Crippen molar-refractivity contribution in [2.24, 2.45) is 0 Å². The van der Waals surface area contributed by atoms with E-state index in [1.54, 1.807) is 47.6 Å². The van der Waals surface area contributed by atoms with E-state index in [1.165, 1.54) is 35.6 Å². The van der Waals surface area contributed by atoms with Crippen LogP contribution < -0.4 is 0 Å². The number of imidazole rings is 1. The van der Waals surface area contributed by atoms with Crippen molar-refractivity contribution in [1.29, 1.82) is 0 Å². The Kier molecular flexibility index (Phi) is 5.75. The minimum atomic E-state index is -0.552. The number of benzene rings is 2. The summed E-state index contributed by atoms with van der Waals surface area (Å²) in [6.07, 6.45) is 4.00. The number of nitrogens with zero attached hydrogens (tertiary/aromatic N) is 3. The second-order valence-corrected chi connectivity index (χ2v) is 8.39. The van der Waals surface area contributed by atoms with Crippen molar-refractivity contribution in [3.63, 3.8) is 0 Å². The zero-order valence-electron chi connectivity index (χ0n) is 17.4. The lowest BCUT2D eigenvalue weighted by Crippen LogP contribution is -2.33. The molecule has 0 radical (unpaired) electrons. The molecule has 8 heteroatoms. The summed E-state index contributed by atoms with van der Waals surface area (Å²) in [5.74, 6) is -0.620. The van der Waals surface area contributed by atoms with Gasteiger partial charge in [-0.3, -0.25) is 9.20 Å². The molecular formula is C25H19F2N3O2S. The largest absolute Gasteiger partial charge is 0.467 e. The van der Waals surface area contributed by atoms with E-state index in [-0.39, 0.29) is 17.9 Å². The van der Waals surface area contributed by atoms with E-state index in [0.717, 1.165) is 21.9 Å². The highest BCUT2D eigenvalue weighted by atomic mass is 32.1. The lowest BCUT2D eigenvalue weighted by atomic mass is 10.1. The summed E-state index contributed by atoms with van der Waals surface area (Å²) >= 11 is 1.49. The summed E-state index contributed by atoms with van der Waals surface area (Å²) in [7, 11) is 0. The van der Waals surface area contributed by atoms with Crippen LogP contribution in [-0.4, -0.2) is 26.7 Å². The Morgan fingerprint density at radius 3 is 2.64 bits per heavy atom. The molecule has 3 heterocycles. The molecular weight excluding hydrogens is 444 g/mol. The quantitative estimate of drug-likeness (QED) is 0.306. The van der Waals surface area contributed by atoms with Gasteiger partial charge < -0.3 is 9.32 Å². The van der Waals surface area contributed by atoms with Gasteiger partial charge in [-0.05, 0) is 48.5 Å². The van der Waals surface area contributed by atoms with E-state index in [2.05, 4.69) is 4.98 Å². The van der Waals surface area contributed by atoms with Crippen LogP contribution in [-0.2, 0) is 13.0 Å². The van der Waals surface area contributed by atoms with Crippen molar-refractivity contribution in [2.75, 3.05) is 6.54 Å². The molecule has 0 saturated carbocycles. The van der Waals surface area contributed by atoms with E-state index < -0.39 is 11.7 Å². The maximum atomic E-state index is 14.3. The van der Waals surface area contributed by atoms with Gasteiger partial charge in [-0.25, -0.2) is 13.8 Å². The molecule has 5 nitrogen and oxygen atoms in total. The Labute approximate surface area is 192 Å². The molecule has 0 aliphatic rings. The van der Waals surface area contributed by atoms with Gasteiger partial charge in [0.2, 0.25) is 0 Å². The topological polar surface area (TPSA) is 50.8 Å². The molecule has 0 bridgehead atoms. The van der Waals surface area contributed by atoms with Crippen LogP contribution >= 0.6 is 11.3 Å². The summed E-state index contributed by atoms with van der Waals surface area (Å²) < 4.78 is 34.9. The number of amides is 1. The van der Waals surface area contributed by atoms with Crippen LogP contribution in [0.5, 0.6) is 0 Å². The van der Waals surface area contributed by atoms with Crippen LogP contribution in [0.4, 0.5) is 8.78 Å². The number of fused-ring (bicyclic) bond motifs is 1. The molecule has 0 spiro atoms. The monoisotopic (exact) mass is 463 g/mol. The van der Waals surface area contributed by atoms with Gasteiger partial charge in [0.15, 0.2) is 4.96 Å². The maximum Gasteiger partial charge on any atom is 0.257 e. The molecule has 0 fully saturated rings. The third kappa shape index (κ3) is 4.42. The average Bonchev–Trinajstić information content (AvgIpc) is 3.55. The first-order valence-corrected chi connectivity index (χ1v) is 11.2. The third-order valence-electron chi connectivity index (χ3n) is 5.38. The highest BCUT2D eigenvalue weighted by Crippen LogP contribution is 2.24. The highest BCUT2D eigenvalue weighted by molar-refractivity contribution is 7.15. The fraction of sp³-hybridized carbons (Fsp3) is 0.120. The SMILES string of the molecule is O=C(c1ccccc1F)N(CCc1csc2nc(-c3ccc(F)cc3)cn12)Cc1ccco1. The van der Waals surface area contributed by atoms with Crippen LogP contribution in [0, 0.1) is 11.6 Å². The van der Waals surface area contributed by atoms with Gasteiger partial charge in [0, 0.05) is 35.8 Å². The van der Waals surface area contributed by atoms with Crippen molar-refractivity contribution in [2.45, 2.75) is 13.0 Å². The highest BCUT2D eigenvalue weighted by Gasteiger charge is 2.21. The maximum absolute atomic E-state index is 14.3. The summed E-state index contributed by atoms with van der Waals surface area (Å²) in [6.45, 7) is 0.599. The van der Waals surface area contributed by atoms with Crippen molar-refractivity contribution >= 4 is 22.2 Å². The predicted molar refractivity (Wildman–Crippen MR) is 122 cm³/mol. The van der Waals surface area contributed by atoms with Crippen LogP contribution in [0.2, 0.25) is 0 Å². The van der Waals surface area contributed by atoms with E-state index >= 15 is 0 Å². The molecule has 3 aromatic heterocycles. The number of carbonyl (C=O) groups is 1. The summed E-state index contributed by atoms with van der Waals surface area (Å²) in [5, 5.41) is 2.00. The molecule has 0 unspecified atom stereocenters. The molecule has 1 amide bonds. The normalized spacial score (nSPS) is 11.2. The van der Waals surface area contributed by atoms with Gasteiger partial charge in [0.1, 0.15) is 17.4 Å². The Balaban J connectivity index is 1.39. The van der Waals surface area contributed by atoms with Crippen molar-refractivity contribution in [1.82, 2.24) is 14.3 Å². The van der Waals surface area contributed by atoms with Gasteiger partial charge >= 0.3 is 0 Å². The van der Waals surface area contributed by atoms with Gasteiger partial charge in [-0.1, -0.05) is 12.1 Å². The standard InChI is InChI=1S/C25H19F2N3O2S/c26-18-9-7-17(8-10-18)23-15-30-19(16-33-25(30)28-23)11-12-29(14-20-4-3-13-32-20)24(31)21-5-1-2-6-22(21)27/h1-10,13,15-16H,11-12,14H2. The molecule has 0 aliphatic carbocycles. The van der Waals surface area contributed by atoms with Crippen LogP contribution in [0.1, 0.15) is 21.8 Å². The number of hydrogen-bond acceptors (Lipinski definition) is 4. The van der Waals surface area contributed by atoms with Crippen molar-refractivity contribution in [3.8, 4) is 11.3 Å². The van der Waals surface area contributed by atoms with Crippen molar-refractivity contribution in [3.05, 3.63) is 107 Å². The number of carbonyl (C=O) groups excluding carboxylic acids is 1. The molecule has 0 atom stereocenters. The Morgan fingerprint density at radius 2 is 1.88 bits per heavy atom.